The molecule has 1 amide bonds. The number of methoxy groups -OCH3 is 2. The molecule has 1 aromatic carbocycles. The van der Waals surface area contributed by atoms with Crippen LogP contribution in [0.3, 0.4) is 0 Å². The summed E-state index contributed by atoms with van der Waals surface area (Å²) in [6.07, 6.45) is -0.159. The second kappa shape index (κ2) is 9.19. The van der Waals surface area contributed by atoms with E-state index >= 15 is 0 Å². The second-order valence-corrected chi connectivity index (χ2v) is 6.24. The normalized spacial score (nSPS) is 14.2. The molecular formula is C18H25NO7. The van der Waals surface area contributed by atoms with Gasteiger partial charge in [0, 0.05) is 6.42 Å². The second-order valence-electron chi connectivity index (χ2n) is 6.24. The van der Waals surface area contributed by atoms with Crippen LogP contribution in [0.15, 0.2) is 24.3 Å². The van der Waals surface area contributed by atoms with Gasteiger partial charge in [-0.2, -0.15) is 0 Å². The van der Waals surface area contributed by atoms with Crippen molar-refractivity contribution in [2.24, 2.45) is 17.6 Å². The summed E-state index contributed by atoms with van der Waals surface area (Å²) in [5.41, 5.74) is 3.49. The van der Waals surface area contributed by atoms with Crippen molar-refractivity contribution in [1.29, 1.82) is 0 Å². The van der Waals surface area contributed by atoms with Gasteiger partial charge in [-0.1, -0.05) is 26.0 Å². The number of carbonyl (C=O) groups excluding carboxylic acids is 3. The molecule has 0 saturated carbocycles. The summed E-state index contributed by atoms with van der Waals surface area (Å²) in [7, 11) is 2.34. The number of aliphatic hydroxyl groups is 1. The highest BCUT2D eigenvalue weighted by atomic mass is 16.5. The van der Waals surface area contributed by atoms with E-state index in [2.05, 4.69) is 0 Å². The van der Waals surface area contributed by atoms with E-state index < -0.39 is 29.4 Å². The van der Waals surface area contributed by atoms with E-state index in [9.17, 15) is 19.5 Å². The third kappa shape index (κ3) is 5.19. The van der Waals surface area contributed by atoms with Crippen molar-refractivity contribution in [1.82, 2.24) is 0 Å². The lowest BCUT2D eigenvalue weighted by molar-refractivity contribution is -0.181. The average Bonchev–Trinajstić information content (AvgIpc) is 2.59. The van der Waals surface area contributed by atoms with Crippen LogP contribution in [-0.2, 0) is 30.3 Å². The summed E-state index contributed by atoms with van der Waals surface area (Å²) >= 11 is 0. The van der Waals surface area contributed by atoms with Crippen LogP contribution in [0.2, 0.25) is 0 Å². The highest BCUT2D eigenvalue weighted by Gasteiger charge is 2.51. The first-order valence-corrected chi connectivity index (χ1v) is 8.04. The zero-order valence-corrected chi connectivity index (χ0v) is 15.4. The molecule has 0 spiro atoms. The van der Waals surface area contributed by atoms with Gasteiger partial charge in [0.1, 0.15) is 5.75 Å². The minimum absolute atomic E-state index is 0.159. The Morgan fingerprint density at radius 3 is 2.12 bits per heavy atom. The summed E-state index contributed by atoms with van der Waals surface area (Å²) in [4.78, 5) is 35.2. The van der Waals surface area contributed by atoms with E-state index in [0.717, 1.165) is 7.11 Å². The fourth-order valence-electron chi connectivity index (χ4n) is 2.80. The van der Waals surface area contributed by atoms with Crippen LogP contribution in [0.1, 0.15) is 19.4 Å². The number of hydrogen-bond acceptors (Lipinski definition) is 7. The van der Waals surface area contributed by atoms with Crippen LogP contribution in [0.25, 0.3) is 0 Å². The largest absolute Gasteiger partial charge is 0.484 e. The van der Waals surface area contributed by atoms with Crippen molar-refractivity contribution in [3.8, 4) is 5.75 Å². The Morgan fingerprint density at radius 1 is 1.12 bits per heavy atom. The van der Waals surface area contributed by atoms with Gasteiger partial charge in [-0.15, -0.1) is 0 Å². The van der Waals surface area contributed by atoms with E-state index in [1.165, 1.54) is 7.11 Å². The molecule has 2 atom stereocenters. The molecule has 2 unspecified atom stereocenters. The standard InChI is InChI=1S/C18H25NO7/c1-11(2)15(16(21)24-3)18(23,17(22)25-4)9-12-5-7-13(8-6-12)26-10-14(19)20/h5-8,11,15,23H,9-10H2,1-4H3,(H2,19,20). The lowest BCUT2D eigenvalue weighted by Gasteiger charge is -2.34. The third-order valence-electron chi connectivity index (χ3n) is 3.95. The summed E-state index contributed by atoms with van der Waals surface area (Å²) in [6.45, 7) is 3.15. The van der Waals surface area contributed by atoms with Crippen LogP contribution >= 0.6 is 0 Å². The molecule has 0 saturated heterocycles. The number of primary amides is 1. The quantitative estimate of drug-likeness (QED) is 0.607. The first-order chi connectivity index (χ1) is 12.2. The maximum absolute atomic E-state index is 12.3. The Bertz CT molecular complexity index is 641. The van der Waals surface area contributed by atoms with Crippen LogP contribution < -0.4 is 10.5 Å². The number of carbonyl (C=O) groups is 3. The number of esters is 2. The predicted molar refractivity (Wildman–Crippen MR) is 92.1 cm³/mol. The molecule has 3 N–H and O–H groups in total. The minimum atomic E-state index is -2.09. The Hall–Kier alpha value is -2.61. The van der Waals surface area contributed by atoms with Gasteiger partial charge in [0.05, 0.1) is 20.1 Å². The summed E-state index contributed by atoms with van der Waals surface area (Å²) in [6, 6.07) is 6.36. The van der Waals surface area contributed by atoms with Crippen molar-refractivity contribution >= 4 is 17.8 Å². The molecule has 26 heavy (non-hydrogen) atoms. The fourth-order valence-corrected chi connectivity index (χ4v) is 2.80. The van der Waals surface area contributed by atoms with Crippen molar-refractivity contribution in [2.45, 2.75) is 25.9 Å². The summed E-state index contributed by atoms with van der Waals surface area (Å²) in [5.74, 6) is -3.30. The van der Waals surface area contributed by atoms with E-state index in [4.69, 9.17) is 19.9 Å². The fraction of sp³-hybridized carbons (Fsp3) is 0.500. The van der Waals surface area contributed by atoms with Crippen LogP contribution in [0.5, 0.6) is 5.75 Å². The number of amides is 1. The molecular weight excluding hydrogens is 342 g/mol. The van der Waals surface area contributed by atoms with Crippen molar-refractivity contribution in [3.05, 3.63) is 29.8 Å². The molecule has 1 rings (SSSR count). The van der Waals surface area contributed by atoms with Gasteiger partial charge in [-0.3, -0.25) is 9.59 Å². The molecule has 0 heterocycles. The summed E-state index contributed by atoms with van der Waals surface area (Å²) < 4.78 is 14.6. The lowest BCUT2D eigenvalue weighted by Crippen LogP contribution is -2.54. The highest BCUT2D eigenvalue weighted by Crippen LogP contribution is 2.32. The monoisotopic (exact) mass is 367 g/mol. The van der Waals surface area contributed by atoms with E-state index in [1.54, 1.807) is 38.1 Å². The number of ether oxygens (including phenoxy) is 3. The number of rotatable bonds is 9. The zero-order chi connectivity index (χ0) is 19.9. The Morgan fingerprint density at radius 2 is 1.69 bits per heavy atom. The predicted octanol–water partition coefficient (Wildman–Crippen LogP) is 0.443. The molecule has 0 aliphatic rings. The van der Waals surface area contributed by atoms with Crippen LogP contribution in [0.4, 0.5) is 0 Å². The molecule has 0 aliphatic heterocycles. The Balaban J connectivity index is 3.12. The maximum atomic E-state index is 12.3. The van der Waals surface area contributed by atoms with Gasteiger partial charge in [0.25, 0.3) is 5.91 Å². The van der Waals surface area contributed by atoms with E-state index in [0.29, 0.717) is 11.3 Å². The molecule has 144 valence electrons. The molecule has 8 heteroatoms. The maximum Gasteiger partial charge on any atom is 0.339 e. The van der Waals surface area contributed by atoms with Crippen molar-refractivity contribution < 1.29 is 33.7 Å². The molecule has 0 aromatic heterocycles. The SMILES string of the molecule is COC(=O)C(C(C)C)C(O)(Cc1ccc(OCC(N)=O)cc1)C(=O)OC. The number of benzene rings is 1. The van der Waals surface area contributed by atoms with E-state index in [1.807, 2.05) is 0 Å². The molecule has 0 radical (unpaired) electrons. The van der Waals surface area contributed by atoms with Crippen molar-refractivity contribution in [2.75, 3.05) is 20.8 Å². The summed E-state index contributed by atoms with van der Waals surface area (Å²) in [5, 5.41) is 11.0. The lowest BCUT2D eigenvalue weighted by atomic mass is 9.76. The van der Waals surface area contributed by atoms with Crippen molar-refractivity contribution in [3.63, 3.8) is 0 Å². The van der Waals surface area contributed by atoms with Gasteiger partial charge < -0.3 is 25.1 Å². The Kier molecular flexibility index (Phi) is 7.57. The third-order valence-corrected chi connectivity index (χ3v) is 3.95. The average molecular weight is 367 g/mol. The highest BCUT2D eigenvalue weighted by molar-refractivity contribution is 5.88. The van der Waals surface area contributed by atoms with E-state index in [-0.39, 0.29) is 18.9 Å². The van der Waals surface area contributed by atoms with Crippen LogP contribution in [0, 0.1) is 11.8 Å². The molecule has 0 fully saturated rings. The first kappa shape index (κ1) is 21.4. The number of nitrogens with two attached hydrogens (primary N) is 1. The number of hydrogen-bond donors (Lipinski definition) is 2. The molecule has 8 nitrogen and oxygen atoms in total. The smallest absolute Gasteiger partial charge is 0.339 e. The Labute approximate surface area is 152 Å². The van der Waals surface area contributed by atoms with Gasteiger partial charge in [0.2, 0.25) is 0 Å². The van der Waals surface area contributed by atoms with Gasteiger partial charge in [-0.25, -0.2) is 4.79 Å². The molecule has 0 aliphatic carbocycles. The zero-order valence-electron chi connectivity index (χ0n) is 15.4. The van der Waals surface area contributed by atoms with Gasteiger partial charge in [0.15, 0.2) is 12.2 Å². The molecule has 0 bridgehead atoms. The molecule has 1 aromatic rings. The van der Waals surface area contributed by atoms with Crippen LogP contribution in [-0.4, -0.2) is 49.4 Å². The first-order valence-electron chi connectivity index (χ1n) is 8.04. The van der Waals surface area contributed by atoms with Gasteiger partial charge in [-0.05, 0) is 23.6 Å². The minimum Gasteiger partial charge on any atom is -0.484 e. The van der Waals surface area contributed by atoms with Gasteiger partial charge >= 0.3 is 11.9 Å². The topological polar surface area (TPSA) is 125 Å².